The van der Waals surface area contributed by atoms with Gasteiger partial charge in [0.25, 0.3) is 0 Å². The molecule has 0 saturated carbocycles. The highest BCUT2D eigenvalue weighted by atomic mass is 16.6. The van der Waals surface area contributed by atoms with Crippen LogP contribution >= 0.6 is 0 Å². The van der Waals surface area contributed by atoms with Crippen molar-refractivity contribution in [2.75, 3.05) is 26.2 Å². The summed E-state index contributed by atoms with van der Waals surface area (Å²) in [5.74, 6) is 0. The van der Waals surface area contributed by atoms with Gasteiger partial charge in [-0.3, -0.25) is 0 Å². The maximum absolute atomic E-state index is 11.9. The lowest BCUT2D eigenvalue weighted by Crippen LogP contribution is -2.40. The molecule has 2 rings (SSSR count). The molecular formula is C13H24N2O2. The number of amides is 1. The lowest BCUT2D eigenvalue weighted by Gasteiger charge is -2.25. The van der Waals surface area contributed by atoms with Crippen molar-refractivity contribution >= 4 is 6.09 Å². The van der Waals surface area contributed by atoms with Crippen molar-refractivity contribution in [3.05, 3.63) is 0 Å². The van der Waals surface area contributed by atoms with Crippen LogP contribution in [-0.4, -0.2) is 43.3 Å². The van der Waals surface area contributed by atoms with Gasteiger partial charge >= 0.3 is 6.09 Å². The second-order valence-corrected chi connectivity index (χ2v) is 5.13. The zero-order valence-corrected chi connectivity index (χ0v) is 10.6. The summed E-state index contributed by atoms with van der Waals surface area (Å²) in [5, 5.41) is 3.39. The first-order valence-electron chi connectivity index (χ1n) is 7.01. The van der Waals surface area contributed by atoms with Crippen LogP contribution in [0.5, 0.6) is 0 Å². The second-order valence-electron chi connectivity index (χ2n) is 5.13. The fourth-order valence-corrected chi connectivity index (χ4v) is 2.58. The summed E-state index contributed by atoms with van der Waals surface area (Å²) in [5.41, 5.74) is 0. The lowest BCUT2D eigenvalue weighted by molar-refractivity contribution is 0.0904. The van der Waals surface area contributed by atoms with E-state index in [1.54, 1.807) is 0 Å². The summed E-state index contributed by atoms with van der Waals surface area (Å²) in [6.07, 6.45) is 8.25. The first kappa shape index (κ1) is 12.7. The van der Waals surface area contributed by atoms with Gasteiger partial charge in [-0.15, -0.1) is 0 Å². The van der Waals surface area contributed by atoms with Crippen molar-refractivity contribution in [1.82, 2.24) is 10.2 Å². The molecule has 17 heavy (non-hydrogen) atoms. The summed E-state index contributed by atoms with van der Waals surface area (Å²) in [6, 6.07) is 0.375. The maximum Gasteiger partial charge on any atom is 0.409 e. The third-order valence-corrected chi connectivity index (χ3v) is 3.68. The molecule has 4 heteroatoms. The highest BCUT2D eigenvalue weighted by Crippen LogP contribution is 2.12. The van der Waals surface area contributed by atoms with E-state index in [4.69, 9.17) is 4.74 Å². The number of ether oxygens (including phenoxy) is 1. The molecule has 2 fully saturated rings. The van der Waals surface area contributed by atoms with Crippen molar-refractivity contribution in [3.8, 4) is 0 Å². The van der Waals surface area contributed by atoms with Crippen LogP contribution in [0.15, 0.2) is 0 Å². The van der Waals surface area contributed by atoms with Gasteiger partial charge in [0, 0.05) is 19.1 Å². The molecular weight excluding hydrogens is 216 g/mol. The molecule has 0 aromatic carbocycles. The monoisotopic (exact) mass is 240 g/mol. The van der Waals surface area contributed by atoms with Crippen LogP contribution in [0.3, 0.4) is 0 Å². The molecule has 0 spiro atoms. The van der Waals surface area contributed by atoms with Gasteiger partial charge in [0.05, 0.1) is 0 Å². The topological polar surface area (TPSA) is 41.6 Å². The van der Waals surface area contributed by atoms with E-state index >= 15 is 0 Å². The predicted molar refractivity (Wildman–Crippen MR) is 67.0 cm³/mol. The normalized spacial score (nSPS) is 26.4. The molecule has 0 bridgehead atoms. The van der Waals surface area contributed by atoms with E-state index in [1.807, 2.05) is 4.90 Å². The predicted octanol–water partition coefficient (Wildman–Crippen LogP) is 2.14. The quantitative estimate of drug-likeness (QED) is 0.804. The van der Waals surface area contributed by atoms with Crippen molar-refractivity contribution in [2.45, 2.75) is 51.0 Å². The Hall–Kier alpha value is -0.770. The summed E-state index contributed by atoms with van der Waals surface area (Å²) >= 11 is 0. The first-order valence-corrected chi connectivity index (χ1v) is 7.01. The number of carbonyl (C=O) groups excluding carboxylic acids is 1. The number of hydrogen-bond donors (Lipinski definition) is 1. The Morgan fingerprint density at radius 2 is 1.88 bits per heavy atom. The van der Waals surface area contributed by atoms with Gasteiger partial charge in [-0.25, -0.2) is 4.79 Å². The van der Waals surface area contributed by atoms with E-state index in [0.717, 1.165) is 38.9 Å². The minimum absolute atomic E-state index is 0.112. The summed E-state index contributed by atoms with van der Waals surface area (Å²) < 4.78 is 5.40. The minimum atomic E-state index is -0.112. The average Bonchev–Trinajstić information content (AvgIpc) is 2.66. The molecule has 0 aromatic rings. The van der Waals surface area contributed by atoms with Crippen LogP contribution in [0.2, 0.25) is 0 Å². The Kier molecular flexibility index (Phi) is 5.10. The number of carbonyl (C=O) groups is 1. The van der Waals surface area contributed by atoms with Gasteiger partial charge in [0.2, 0.25) is 0 Å². The molecule has 1 amide bonds. The molecule has 2 heterocycles. The second kappa shape index (κ2) is 6.84. The van der Waals surface area contributed by atoms with Crippen LogP contribution in [0, 0.1) is 0 Å². The van der Waals surface area contributed by atoms with Crippen LogP contribution in [-0.2, 0) is 4.74 Å². The van der Waals surface area contributed by atoms with E-state index in [2.05, 4.69) is 5.32 Å². The largest absolute Gasteiger partial charge is 0.448 e. The number of likely N-dealkylation sites (tertiary alicyclic amines) is 1. The fraction of sp³-hybridized carbons (Fsp3) is 0.923. The standard InChI is InChI=1S/C13H24N2O2/c16-13(15-9-5-1-2-6-10-15)17-11-12-7-3-4-8-14-12/h12,14H,1-11H2/t12-/m0/s1. The van der Waals surface area contributed by atoms with Crippen molar-refractivity contribution in [1.29, 1.82) is 0 Å². The number of nitrogens with zero attached hydrogens (tertiary/aromatic N) is 1. The average molecular weight is 240 g/mol. The molecule has 0 radical (unpaired) electrons. The van der Waals surface area contributed by atoms with Crippen molar-refractivity contribution in [2.24, 2.45) is 0 Å². The summed E-state index contributed by atoms with van der Waals surface area (Å²) in [6.45, 7) is 3.34. The van der Waals surface area contributed by atoms with Crippen LogP contribution in [0.25, 0.3) is 0 Å². The first-order chi connectivity index (χ1) is 8.36. The minimum Gasteiger partial charge on any atom is -0.448 e. The van der Waals surface area contributed by atoms with E-state index in [1.165, 1.54) is 25.7 Å². The molecule has 0 unspecified atom stereocenters. The SMILES string of the molecule is O=C(OC[C@@H]1CCCCN1)N1CCCCCC1. The van der Waals surface area contributed by atoms with E-state index in [0.29, 0.717) is 12.6 Å². The molecule has 0 aliphatic carbocycles. The molecule has 1 atom stereocenters. The van der Waals surface area contributed by atoms with E-state index in [9.17, 15) is 4.79 Å². The van der Waals surface area contributed by atoms with Gasteiger partial charge in [0.15, 0.2) is 0 Å². The van der Waals surface area contributed by atoms with E-state index in [-0.39, 0.29) is 6.09 Å². The number of hydrogen-bond acceptors (Lipinski definition) is 3. The van der Waals surface area contributed by atoms with E-state index < -0.39 is 0 Å². The van der Waals surface area contributed by atoms with Crippen molar-refractivity contribution in [3.63, 3.8) is 0 Å². The van der Waals surface area contributed by atoms with Crippen molar-refractivity contribution < 1.29 is 9.53 Å². The van der Waals surface area contributed by atoms with Gasteiger partial charge in [0.1, 0.15) is 6.61 Å². The molecule has 0 aromatic heterocycles. The van der Waals surface area contributed by atoms with Gasteiger partial charge in [-0.05, 0) is 32.2 Å². The molecule has 2 aliphatic rings. The molecule has 4 nitrogen and oxygen atoms in total. The Morgan fingerprint density at radius 1 is 1.12 bits per heavy atom. The Balaban J connectivity index is 1.68. The molecule has 1 N–H and O–H groups in total. The maximum atomic E-state index is 11.9. The van der Waals surface area contributed by atoms with Crippen LogP contribution < -0.4 is 5.32 Å². The van der Waals surface area contributed by atoms with Gasteiger partial charge in [-0.2, -0.15) is 0 Å². The molecule has 2 aliphatic heterocycles. The van der Waals surface area contributed by atoms with Gasteiger partial charge in [-0.1, -0.05) is 19.3 Å². The highest BCUT2D eigenvalue weighted by molar-refractivity contribution is 5.67. The lowest BCUT2D eigenvalue weighted by atomic mass is 10.1. The number of piperidine rings is 1. The third kappa shape index (κ3) is 4.19. The highest BCUT2D eigenvalue weighted by Gasteiger charge is 2.19. The van der Waals surface area contributed by atoms with Gasteiger partial charge < -0.3 is 15.0 Å². The third-order valence-electron chi connectivity index (χ3n) is 3.68. The smallest absolute Gasteiger partial charge is 0.409 e. The Morgan fingerprint density at radius 3 is 2.53 bits per heavy atom. The zero-order valence-electron chi connectivity index (χ0n) is 10.6. The summed E-state index contributed by atoms with van der Waals surface area (Å²) in [7, 11) is 0. The molecule has 98 valence electrons. The number of nitrogens with one attached hydrogen (secondary N) is 1. The number of rotatable bonds is 2. The zero-order chi connectivity index (χ0) is 11.9. The summed E-state index contributed by atoms with van der Waals surface area (Å²) in [4.78, 5) is 13.7. The molecule has 2 saturated heterocycles. The Bertz CT molecular complexity index is 232. The van der Waals surface area contributed by atoms with Crippen LogP contribution in [0.4, 0.5) is 4.79 Å². The van der Waals surface area contributed by atoms with Crippen LogP contribution in [0.1, 0.15) is 44.9 Å². The fourth-order valence-electron chi connectivity index (χ4n) is 2.58. The Labute approximate surface area is 104 Å².